The lowest BCUT2D eigenvalue weighted by molar-refractivity contribution is -0.124. The van der Waals surface area contributed by atoms with Crippen molar-refractivity contribution >= 4 is 11.6 Å². The number of aryl methyl sites for hydroxylation is 1. The molecule has 1 unspecified atom stereocenters. The third kappa shape index (κ3) is 2.88. The van der Waals surface area contributed by atoms with Crippen molar-refractivity contribution in [1.82, 2.24) is 5.32 Å². The Hall–Kier alpha value is -1.59. The fourth-order valence-electron chi connectivity index (χ4n) is 2.33. The van der Waals surface area contributed by atoms with Gasteiger partial charge in [-0.3, -0.25) is 4.79 Å². The van der Waals surface area contributed by atoms with Crippen LogP contribution in [0.3, 0.4) is 0 Å². The van der Waals surface area contributed by atoms with E-state index in [1.807, 2.05) is 25.1 Å². The van der Waals surface area contributed by atoms with Crippen LogP contribution in [0.1, 0.15) is 11.1 Å². The Kier molecular flexibility index (Phi) is 4.39. The van der Waals surface area contributed by atoms with Crippen LogP contribution in [-0.4, -0.2) is 43.9 Å². The summed E-state index contributed by atoms with van der Waals surface area (Å²) in [5.41, 5.74) is 2.93. The van der Waals surface area contributed by atoms with E-state index in [0.29, 0.717) is 19.8 Å². The molecule has 2 rings (SSSR count). The zero-order chi connectivity index (χ0) is 13.8. The molecule has 0 saturated carbocycles. The summed E-state index contributed by atoms with van der Waals surface area (Å²) in [5, 5.41) is 11.9. The molecule has 1 aliphatic rings. The Morgan fingerprint density at radius 1 is 1.58 bits per heavy atom. The molecular weight excluding hydrogens is 244 g/mol. The summed E-state index contributed by atoms with van der Waals surface area (Å²) in [6.07, 6.45) is 0. The summed E-state index contributed by atoms with van der Waals surface area (Å²) in [6.45, 7) is 3.71. The van der Waals surface area contributed by atoms with Crippen LogP contribution in [0.2, 0.25) is 0 Å². The molecule has 0 aromatic heterocycles. The van der Waals surface area contributed by atoms with E-state index in [9.17, 15) is 9.90 Å². The van der Waals surface area contributed by atoms with Gasteiger partial charge in [-0.2, -0.15) is 0 Å². The van der Waals surface area contributed by atoms with Crippen molar-refractivity contribution in [2.24, 2.45) is 0 Å². The van der Waals surface area contributed by atoms with Crippen LogP contribution in [-0.2, 0) is 16.1 Å². The first-order chi connectivity index (χ1) is 9.17. The van der Waals surface area contributed by atoms with Gasteiger partial charge in [0.05, 0.1) is 19.8 Å². The summed E-state index contributed by atoms with van der Waals surface area (Å²) < 4.78 is 5.39. The number of likely N-dealkylation sites (N-methyl/N-ethyl adjacent to an activating group) is 1. The van der Waals surface area contributed by atoms with Gasteiger partial charge in [0.15, 0.2) is 0 Å². The number of carbonyl (C=O) groups excluding carboxylic acids is 1. The number of morpholine rings is 1. The summed E-state index contributed by atoms with van der Waals surface area (Å²) in [5.74, 6) is -0.0383. The van der Waals surface area contributed by atoms with E-state index in [-0.39, 0.29) is 18.6 Å². The second-order valence-corrected chi connectivity index (χ2v) is 4.67. The maximum absolute atomic E-state index is 11.9. The molecule has 1 aromatic carbocycles. The van der Waals surface area contributed by atoms with Crippen molar-refractivity contribution in [1.29, 1.82) is 0 Å². The van der Waals surface area contributed by atoms with Crippen molar-refractivity contribution in [3.05, 3.63) is 29.3 Å². The highest BCUT2D eigenvalue weighted by atomic mass is 16.5. The largest absolute Gasteiger partial charge is 0.392 e. The molecule has 1 saturated heterocycles. The number of aliphatic hydroxyl groups is 1. The molecule has 0 bridgehead atoms. The Labute approximate surface area is 113 Å². The smallest absolute Gasteiger partial charge is 0.244 e. The standard InChI is InChI=1S/C14H20N2O3/c1-10-7-12(4-3-11(10)8-17)16-5-6-19-9-13(16)14(18)15-2/h3-4,7,13,17H,5-6,8-9H2,1-2H3,(H,15,18). The molecule has 1 aliphatic heterocycles. The number of benzene rings is 1. The Morgan fingerprint density at radius 3 is 3.00 bits per heavy atom. The minimum absolute atomic E-state index is 0.0358. The van der Waals surface area contributed by atoms with E-state index < -0.39 is 0 Å². The van der Waals surface area contributed by atoms with Crippen LogP contribution in [0.25, 0.3) is 0 Å². The minimum Gasteiger partial charge on any atom is -0.392 e. The Bertz CT molecular complexity index is 462. The molecule has 5 heteroatoms. The molecule has 1 heterocycles. The Balaban J connectivity index is 2.27. The lowest BCUT2D eigenvalue weighted by Crippen LogP contribution is -2.53. The highest BCUT2D eigenvalue weighted by Gasteiger charge is 2.29. The molecule has 1 atom stereocenters. The van der Waals surface area contributed by atoms with Crippen molar-refractivity contribution in [2.75, 3.05) is 31.7 Å². The van der Waals surface area contributed by atoms with Crippen LogP contribution in [0, 0.1) is 6.92 Å². The molecule has 2 N–H and O–H groups in total. The lowest BCUT2D eigenvalue weighted by Gasteiger charge is -2.36. The second kappa shape index (κ2) is 6.04. The second-order valence-electron chi connectivity index (χ2n) is 4.67. The zero-order valence-electron chi connectivity index (χ0n) is 11.3. The van der Waals surface area contributed by atoms with Crippen LogP contribution in [0.5, 0.6) is 0 Å². The highest BCUT2D eigenvalue weighted by Crippen LogP contribution is 2.23. The van der Waals surface area contributed by atoms with Gasteiger partial charge >= 0.3 is 0 Å². The molecule has 1 amide bonds. The van der Waals surface area contributed by atoms with Gasteiger partial charge in [0.2, 0.25) is 5.91 Å². The van der Waals surface area contributed by atoms with Gasteiger partial charge in [-0.1, -0.05) is 6.07 Å². The minimum atomic E-state index is -0.293. The average Bonchev–Trinajstić information content (AvgIpc) is 2.46. The maximum atomic E-state index is 11.9. The fourth-order valence-corrected chi connectivity index (χ4v) is 2.33. The predicted molar refractivity (Wildman–Crippen MR) is 73.1 cm³/mol. The van der Waals surface area contributed by atoms with Gasteiger partial charge < -0.3 is 20.1 Å². The van der Waals surface area contributed by atoms with E-state index >= 15 is 0 Å². The number of anilines is 1. The molecule has 0 spiro atoms. The summed E-state index contributed by atoms with van der Waals surface area (Å²) in [6, 6.07) is 5.56. The predicted octanol–water partition coefficient (Wildman–Crippen LogP) is 0.439. The number of nitrogens with zero attached hydrogens (tertiary/aromatic N) is 1. The Morgan fingerprint density at radius 2 is 2.37 bits per heavy atom. The molecule has 0 aliphatic carbocycles. The topological polar surface area (TPSA) is 61.8 Å². The van der Waals surface area contributed by atoms with Gasteiger partial charge in [0.25, 0.3) is 0 Å². The number of carbonyl (C=O) groups is 1. The van der Waals surface area contributed by atoms with Crippen LogP contribution < -0.4 is 10.2 Å². The monoisotopic (exact) mass is 264 g/mol. The van der Waals surface area contributed by atoms with Gasteiger partial charge in [-0.15, -0.1) is 0 Å². The number of hydrogen-bond acceptors (Lipinski definition) is 4. The van der Waals surface area contributed by atoms with E-state index in [4.69, 9.17) is 4.74 Å². The molecule has 1 aromatic rings. The molecule has 1 fully saturated rings. The van der Waals surface area contributed by atoms with E-state index in [1.165, 1.54) is 0 Å². The van der Waals surface area contributed by atoms with Crippen LogP contribution in [0.4, 0.5) is 5.69 Å². The van der Waals surface area contributed by atoms with E-state index in [0.717, 1.165) is 16.8 Å². The van der Waals surface area contributed by atoms with Crippen LogP contribution in [0.15, 0.2) is 18.2 Å². The first kappa shape index (κ1) is 13.8. The lowest BCUT2D eigenvalue weighted by atomic mass is 10.1. The number of nitrogens with one attached hydrogen (secondary N) is 1. The van der Waals surface area contributed by atoms with E-state index in [1.54, 1.807) is 7.05 Å². The molecule has 104 valence electrons. The number of aliphatic hydroxyl groups excluding tert-OH is 1. The van der Waals surface area contributed by atoms with E-state index in [2.05, 4.69) is 10.2 Å². The summed E-state index contributed by atoms with van der Waals surface area (Å²) in [4.78, 5) is 13.9. The van der Waals surface area contributed by atoms with Gasteiger partial charge in [-0.25, -0.2) is 0 Å². The third-order valence-corrected chi connectivity index (χ3v) is 3.51. The fraction of sp³-hybridized carbons (Fsp3) is 0.500. The summed E-state index contributed by atoms with van der Waals surface area (Å²) in [7, 11) is 1.63. The normalized spacial score (nSPS) is 19.3. The average molecular weight is 264 g/mol. The molecular formula is C14H20N2O3. The first-order valence-electron chi connectivity index (χ1n) is 6.43. The molecule has 19 heavy (non-hydrogen) atoms. The SMILES string of the molecule is CNC(=O)C1COCCN1c1ccc(CO)c(C)c1. The van der Waals surface area contributed by atoms with Gasteiger partial charge in [0.1, 0.15) is 6.04 Å². The van der Waals surface area contributed by atoms with Crippen molar-refractivity contribution < 1.29 is 14.6 Å². The highest BCUT2D eigenvalue weighted by molar-refractivity contribution is 5.85. The number of rotatable bonds is 3. The first-order valence-corrected chi connectivity index (χ1v) is 6.43. The quantitative estimate of drug-likeness (QED) is 0.831. The van der Waals surface area contributed by atoms with Crippen molar-refractivity contribution in [2.45, 2.75) is 19.6 Å². The van der Waals surface area contributed by atoms with Crippen molar-refractivity contribution in [3.63, 3.8) is 0 Å². The third-order valence-electron chi connectivity index (χ3n) is 3.51. The summed E-state index contributed by atoms with van der Waals surface area (Å²) >= 11 is 0. The number of ether oxygens (including phenoxy) is 1. The maximum Gasteiger partial charge on any atom is 0.244 e. The molecule has 5 nitrogen and oxygen atoms in total. The number of amides is 1. The van der Waals surface area contributed by atoms with Gasteiger partial charge in [0, 0.05) is 19.3 Å². The number of hydrogen-bond donors (Lipinski definition) is 2. The molecule has 0 radical (unpaired) electrons. The zero-order valence-corrected chi connectivity index (χ0v) is 11.3. The van der Waals surface area contributed by atoms with Crippen LogP contribution >= 0.6 is 0 Å². The van der Waals surface area contributed by atoms with Crippen molar-refractivity contribution in [3.8, 4) is 0 Å². The van der Waals surface area contributed by atoms with Gasteiger partial charge in [-0.05, 0) is 30.2 Å².